The van der Waals surface area contributed by atoms with Crippen LogP contribution in [0, 0.1) is 0 Å². The van der Waals surface area contributed by atoms with Crippen molar-refractivity contribution in [3.05, 3.63) is 76.9 Å². The molecule has 152 valence electrons. The molecule has 2 N–H and O–H groups in total. The van der Waals surface area contributed by atoms with Gasteiger partial charge >= 0.3 is 0 Å². The average Bonchev–Trinajstić information content (AvgIpc) is 2.79. The molecular formula is C25H31N3O. The van der Waals surface area contributed by atoms with Gasteiger partial charge in [-0.15, -0.1) is 0 Å². The Morgan fingerprint density at radius 2 is 1.76 bits per heavy atom. The maximum absolute atomic E-state index is 13.1. The Hall–Kier alpha value is -2.43. The van der Waals surface area contributed by atoms with E-state index in [-0.39, 0.29) is 12.1 Å². The number of carbonyl (C=O) groups excluding carboxylic acids is 1. The fraction of sp³-hybridized carbons (Fsp3) is 0.400. The molecule has 0 saturated carbocycles. The average molecular weight is 390 g/mol. The normalized spacial score (nSPS) is 17.9. The molecule has 4 rings (SSSR count). The van der Waals surface area contributed by atoms with E-state index in [1.807, 2.05) is 6.07 Å². The minimum atomic E-state index is 0.0998. The van der Waals surface area contributed by atoms with Crippen LogP contribution in [0.15, 0.2) is 60.2 Å². The van der Waals surface area contributed by atoms with E-state index in [2.05, 4.69) is 70.1 Å². The van der Waals surface area contributed by atoms with E-state index in [9.17, 15) is 4.79 Å². The molecule has 2 aromatic rings. The van der Waals surface area contributed by atoms with Gasteiger partial charge in [-0.25, -0.2) is 0 Å². The van der Waals surface area contributed by atoms with Gasteiger partial charge in [0.2, 0.25) is 5.91 Å². The Morgan fingerprint density at radius 3 is 2.59 bits per heavy atom. The SMILES string of the molecule is O=C(NC(CCCc1ccccc1)N1CCNCC1)C1=Cc2ccccc2CC1. The topological polar surface area (TPSA) is 44.4 Å². The molecule has 4 heteroatoms. The summed E-state index contributed by atoms with van der Waals surface area (Å²) in [5, 5.41) is 6.78. The second-order valence-corrected chi connectivity index (χ2v) is 8.02. The van der Waals surface area contributed by atoms with Gasteiger partial charge in [0.05, 0.1) is 6.17 Å². The van der Waals surface area contributed by atoms with Crippen LogP contribution in [0.25, 0.3) is 6.08 Å². The Labute approximate surface area is 174 Å². The largest absolute Gasteiger partial charge is 0.337 e. The quantitative estimate of drug-likeness (QED) is 0.763. The minimum absolute atomic E-state index is 0.0998. The number of amides is 1. The first-order chi connectivity index (χ1) is 14.3. The highest BCUT2D eigenvalue weighted by atomic mass is 16.1. The summed E-state index contributed by atoms with van der Waals surface area (Å²) in [4.78, 5) is 15.5. The van der Waals surface area contributed by atoms with Gasteiger partial charge in [0, 0.05) is 31.8 Å². The molecule has 1 heterocycles. The first-order valence-electron chi connectivity index (χ1n) is 10.9. The Kier molecular flexibility index (Phi) is 6.75. The van der Waals surface area contributed by atoms with Gasteiger partial charge in [0.1, 0.15) is 0 Å². The third-order valence-electron chi connectivity index (χ3n) is 6.02. The summed E-state index contributed by atoms with van der Waals surface area (Å²) in [5.74, 6) is 0.0998. The molecule has 0 radical (unpaired) electrons. The van der Waals surface area contributed by atoms with Crippen LogP contribution < -0.4 is 10.6 Å². The molecule has 0 bridgehead atoms. The lowest BCUT2D eigenvalue weighted by Crippen LogP contribution is -2.55. The molecular weight excluding hydrogens is 358 g/mol. The fourth-order valence-corrected chi connectivity index (χ4v) is 4.34. The molecule has 1 saturated heterocycles. The highest BCUT2D eigenvalue weighted by Gasteiger charge is 2.24. The molecule has 1 aliphatic heterocycles. The number of rotatable bonds is 7. The van der Waals surface area contributed by atoms with Gasteiger partial charge in [-0.2, -0.15) is 0 Å². The van der Waals surface area contributed by atoms with E-state index in [1.165, 1.54) is 16.7 Å². The summed E-state index contributed by atoms with van der Waals surface area (Å²) in [5.41, 5.74) is 4.80. The number of carbonyl (C=O) groups is 1. The zero-order valence-corrected chi connectivity index (χ0v) is 17.1. The Balaban J connectivity index is 1.40. The summed E-state index contributed by atoms with van der Waals surface area (Å²) in [6.07, 6.45) is 7.04. The van der Waals surface area contributed by atoms with E-state index in [0.717, 1.165) is 63.9 Å². The van der Waals surface area contributed by atoms with Crippen molar-refractivity contribution in [1.29, 1.82) is 0 Å². The zero-order chi connectivity index (χ0) is 19.9. The summed E-state index contributed by atoms with van der Waals surface area (Å²) in [7, 11) is 0. The maximum atomic E-state index is 13.1. The maximum Gasteiger partial charge on any atom is 0.248 e. The van der Waals surface area contributed by atoms with Gasteiger partial charge in [-0.1, -0.05) is 54.6 Å². The van der Waals surface area contributed by atoms with Crippen molar-refractivity contribution in [2.75, 3.05) is 26.2 Å². The third-order valence-corrected chi connectivity index (χ3v) is 6.02. The molecule has 1 aliphatic carbocycles. The molecule has 0 aromatic heterocycles. The summed E-state index contributed by atoms with van der Waals surface area (Å²) >= 11 is 0. The number of hydrogen-bond acceptors (Lipinski definition) is 3. The number of fused-ring (bicyclic) bond motifs is 1. The van der Waals surface area contributed by atoms with Gasteiger partial charge in [0.25, 0.3) is 0 Å². The van der Waals surface area contributed by atoms with E-state index >= 15 is 0 Å². The van der Waals surface area contributed by atoms with E-state index in [0.29, 0.717) is 0 Å². The predicted octanol–water partition coefficient (Wildman–Crippen LogP) is 3.39. The molecule has 2 aromatic carbocycles. The minimum Gasteiger partial charge on any atom is -0.337 e. The first kappa shape index (κ1) is 19.9. The molecule has 1 amide bonds. The number of hydrogen-bond donors (Lipinski definition) is 2. The standard InChI is InChI=1S/C25H31N3O/c29-25(23-14-13-21-10-4-5-11-22(21)19-23)27-24(28-17-15-26-16-18-28)12-6-9-20-7-2-1-3-8-20/h1-5,7-8,10-11,19,24,26H,6,9,12-18H2,(H,27,29). The molecule has 29 heavy (non-hydrogen) atoms. The van der Waals surface area contributed by atoms with Crippen molar-refractivity contribution >= 4 is 12.0 Å². The van der Waals surface area contributed by atoms with Crippen LogP contribution in [0.1, 0.15) is 36.0 Å². The number of piperazine rings is 1. The van der Waals surface area contributed by atoms with Crippen LogP contribution >= 0.6 is 0 Å². The Morgan fingerprint density at radius 1 is 1.00 bits per heavy atom. The summed E-state index contributed by atoms with van der Waals surface area (Å²) in [6, 6.07) is 19.0. The van der Waals surface area contributed by atoms with Crippen molar-refractivity contribution in [1.82, 2.24) is 15.5 Å². The van der Waals surface area contributed by atoms with Crippen molar-refractivity contribution in [3.63, 3.8) is 0 Å². The number of aryl methyl sites for hydroxylation is 2. The number of nitrogens with one attached hydrogen (secondary N) is 2. The van der Waals surface area contributed by atoms with Gasteiger partial charge in [0.15, 0.2) is 0 Å². The van der Waals surface area contributed by atoms with Crippen LogP contribution in [-0.4, -0.2) is 43.2 Å². The first-order valence-corrected chi connectivity index (χ1v) is 10.9. The highest BCUT2D eigenvalue weighted by molar-refractivity contribution is 5.98. The number of nitrogens with zero attached hydrogens (tertiary/aromatic N) is 1. The molecule has 1 atom stereocenters. The second-order valence-electron chi connectivity index (χ2n) is 8.02. The van der Waals surface area contributed by atoms with Crippen LogP contribution in [-0.2, 0) is 17.6 Å². The van der Waals surface area contributed by atoms with E-state index in [1.54, 1.807) is 0 Å². The molecule has 4 nitrogen and oxygen atoms in total. The van der Waals surface area contributed by atoms with Gasteiger partial charge in [-0.05, 0) is 54.9 Å². The molecule has 1 unspecified atom stereocenters. The van der Waals surface area contributed by atoms with Crippen LogP contribution in [0.3, 0.4) is 0 Å². The van der Waals surface area contributed by atoms with Crippen molar-refractivity contribution in [3.8, 4) is 0 Å². The lowest BCUT2D eigenvalue weighted by molar-refractivity contribution is -0.119. The lowest BCUT2D eigenvalue weighted by Gasteiger charge is -2.35. The monoisotopic (exact) mass is 389 g/mol. The second kappa shape index (κ2) is 9.86. The fourth-order valence-electron chi connectivity index (χ4n) is 4.34. The van der Waals surface area contributed by atoms with Gasteiger partial charge < -0.3 is 10.6 Å². The summed E-state index contributed by atoms with van der Waals surface area (Å²) in [6.45, 7) is 3.94. The highest BCUT2D eigenvalue weighted by Crippen LogP contribution is 2.24. The van der Waals surface area contributed by atoms with Gasteiger partial charge in [-0.3, -0.25) is 9.69 Å². The smallest absolute Gasteiger partial charge is 0.248 e. The molecule has 0 spiro atoms. The molecule has 1 fully saturated rings. The predicted molar refractivity (Wildman–Crippen MR) is 118 cm³/mol. The lowest BCUT2D eigenvalue weighted by atomic mass is 9.92. The third kappa shape index (κ3) is 5.34. The van der Waals surface area contributed by atoms with Crippen molar-refractivity contribution in [2.24, 2.45) is 0 Å². The van der Waals surface area contributed by atoms with Crippen LogP contribution in [0.2, 0.25) is 0 Å². The van der Waals surface area contributed by atoms with Crippen LogP contribution in [0.4, 0.5) is 0 Å². The molecule has 2 aliphatic rings. The van der Waals surface area contributed by atoms with Crippen molar-refractivity contribution < 1.29 is 4.79 Å². The Bertz CT molecular complexity index is 840. The summed E-state index contributed by atoms with van der Waals surface area (Å²) < 4.78 is 0. The van der Waals surface area contributed by atoms with Crippen LogP contribution in [0.5, 0.6) is 0 Å². The van der Waals surface area contributed by atoms with E-state index in [4.69, 9.17) is 0 Å². The zero-order valence-electron chi connectivity index (χ0n) is 17.1. The van der Waals surface area contributed by atoms with Crippen molar-refractivity contribution in [2.45, 2.75) is 38.3 Å². The number of benzene rings is 2. The van der Waals surface area contributed by atoms with E-state index < -0.39 is 0 Å².